The SMILES string of the molecule is CCCCCC(=O)OCC[C@@](N)(Cc1ccc(OC(=O)OC(C)C(C)C)c(OC(=O)OC(C)C(C)C)c1)C(=O)OC. The third-order valence-electron chi connectivity index (χ3n) is 6.74. The number of rotatable bonds is 16. The highest BCUT2D eigenvalue weighted by Crippen LogP contribution is 2.32. The Balaban J connectivity index is 3.17. The highest BCUT2D eigenvalue weighted by atomic mass is 16.8. The molecule has 1 aromatic rings. The zero-order valence-electron chi connectivity index (χ0n) is 25.7. The van der Waals surface area contributed by atoms with Crippen molar-refractivity contribution in [2.45, 2.75) is 105 Å². The summed E-state index contributed by atoms with van der Waals surface area (Å²) < 4.78 is 31.5. The van der Waals surface area contributed by atoms with Crippen LogP contribution >= 0.6 is 0 Å². The number of nitrogens with two attached hydrogens (primary N) is 1. The summed E-state index contributed by atoms with van der Waals surface area (Å²) >= 11 is 0. The van der Waals surface area contributed by atoms with Crippen LogP contribution in [0.2, 0.25) is 0 Å². The number of carbonyl (C=O) groups is 4. The first kappa shape index (κ1) is 35.7. The largest absolute Gasteiger partial charge is 0.514 e. The van der Waals surface area contributed by atoms with Crippen molar-refractivity contribution in [3.05, 3.63) is 23.8 Å². The van der Waals surface area contributed by atoms with E-state index in [1.807, 2.05) is 34.6 Å². The van der Waals surface area contributed by atoms with Crippen molar-refractivity contribution >= 4 is 24.2 Å². The fourth-order valence-electron chi connectivity index (χ4n) is 3.40. The number of methoxy groups -OCH3 is 1. The zero-order chi connectivity index (χ0) is 31.2. The highest BCUT2D eigenvalue weighted by molar-refractivity contribution is 5.81. The maximum absolute atomic E-state index is 12.7. The number of carbonyl (C=O) groups excluding carboxylic acids is 4. The van der Waals surface area contributed by atoms with E-state index < -0.39 is 36.0 Å². The van der Waals surface area contributed by atoms with Crippen LogP contribution in [-0.2, 0) is 35.0 Å². The molecule has 0 bridgehead atoms. The summed E-state index contributed by atoms with van der Waals surface area (Å²) in [7, 11) is 1.21. The smallest absolute Gasteiger partial charge is 0.468 e. The lowest BCUT2D eigenvalue weighted by Crippen LogP contribution is -2.51. The number of unbranched alkanes of at least 4 members (excludes halogenated alkanes) is 2. The van der Waals surface area contributed by atoms with E-state index in [0.717, 1.165) is 19.3 Å². The molecular formula is C30H47NO10. The summed E-state index contributed by atoms with van der Waals surface area (Å²) in [5, 5.41) is 0. The third-order valence-corrected chi connectivity index (χ3v) is 6.74. The molecule has 0 aliphatic rings. The number of hydrogen-bond acceptors (Lipinski definition) is 11. The lowest BCUT2D eigenvalue weighted by molar-refractivity contribution is -0.151. The summed E-state index contributed by atoms with van der Waals surface area (Å²) in [5.41, 5.74) is 5.34. The molecule has 11 nitrogen and oxygen atoms in total. The molecule has 0 radical (unpaired) electrons. The lowest BCUT2D eigenvalue weighted by atomic mass is 9.88. The van der Waals surface area contributed by atoms with E-state index >= 15 is 0 Å². The van der Waals surface area contributed by atoms with Gasteiger partial charge in [-0.05, 0) is 49.8 Å². The second kappa shape index (κ2) is 17.5. The number of benzene rings is 1. The van der Waals surface area contributed by atoms with Gasteiger partial charge in [-0.25, -0.2) is 9.59 Å². The third kappa shape index (κ3) is 12.8. The zero-order valence-corrected chi connectivity index (χ0v) is 25.7. The van der Waals surface area contributed by atoms with Gasteiger partial charge in [0.15, 0.2) is 11.5 Å². The second-order valence-electron chi connectivity index (χ2n) is 10.9. The Morgan fingerprint density at radius 3 is 1.93 bits per heavy atom. The van der Waals surface area contributed by atoms with Crippen molar-refractivity contribution in [3.63, 3.8) is 0 Å². The Morgan fingerprint density at radius 2 is 1.41 bits per heavy atom. The van der Waals surface area contributed by atoms with Gasteiger partial charge in [0.05, 0.1) is 13.7 Å². The van der Waals surface area contributed by atoms with Gasteiger partial charge in [0.1, 0.15) is 17.7 Å². The predicted octanol–water partition coefficient (Wildman–Crippen LogP) is 5.73. The van der Waals surface area contributed by atoms with Crippen LogP contribution in [0.15, 0.2) is 18.2 Å². The Kier molecular flexibility index (Phi) is 15.2. The van der Waals surface area contributed by atoms with Crippen molar-refractivity contribution in [2.75, 3.05) is 13.7 Å². The van der Waals surface area contributed by atoms with Crippen LogP contribution < -0.4 is 15.2 Å². The van der Waals surface area contributed by atoms with Gasteiger partial charge in [0.2, 0.25) is 0 Å². The molecule has 11 heteroatoms. The minimum atomic E-state index is -1.56. The van der Waals surface area contributed by atoms with E-state index in [1.165, 1.54) is 19.2 Å². The molecule has 0 aliphatic heterocycles. The average Bonchev–Trinajstić information content (AvgIpc) is 2.89. The summed E-state index contributed by atoms with van der Waals surface area (Å²) in [5.74, 6) is -1.21. The molecule has 3 atom stereocenters. The minimum Gasteiger partial charge on any atom is -0.468 e. The summed E-state index contributed by atoms with van der Waals surface area (Å²) in [6.07, 6.45) is 0.000902. The van der Waals surface area contributed by atoms with Gasteiger partial charge in [-0.1, -0.05) is 53.5 Å². The van der Waals surface area contributed by atoms with Gasteiger partial charge in [-0.15, -0.1) is 0 Å². The van der Waals surface area contributed by atoms with Crippen molar-refractivity contribution in [3.8, 4) is 11.5 Å². The topological polar surface area (TPSA) is 150 Å². The van der Waals surface area contributed by atoms with Crippen molar-refractivity contribution in [1.29, 1.82) is 0 Å². The first-order valence-electron chi connectivity index (χ1n) is 14.1. The Labute approximate surface area is 243 Å². The molecule has 2 N–H and O–H groups in total. The molecule has 0 saturated carbocycles. The van der Waals surface area contributed by atoms with Crippen LogP contribution in [0.4, 0.5) is 9.59 Å². The quantitative estimate of drug-likeness (QED) is 0.110. The summed E-state index contributed by atoms with van der Waals surface area (Å²) in [6, 6.07) is 4.37. The van der Waals surface area contributed by atoms with Gasteiger partial charge in [-0.2, -0.15) is 0 Å². The van der Waals surface area contributed by atoms with Crippen LogP contribution in [0.3, 0.4) is 0 Å². The van der Waals surface area contributed by atoms with E-state index in [1.54, 1.807) is 19.9 Å². The molecule has 0 fully saturated rings. The monoisotopic (exact) mass is 581 g/mol. The first-order chi connectivity index (χ1) is 19.2. The fourth-order valence-corrected chi connectivity index (χ4v) is 3.40. The summed E-state index contributed by atoms with van der Waals surface area (Å²) in [6.45, 7) is 13.0. The van der Waals surface area contributed by atoms with Gasteiger partial charge in [-0.3, -0.25) is 9.59 Å². The normalized spacial score (nSPS) is 14.0. The molecule has 1 aromatic carbocycles. The van der Waals surface area contributed by atoms with Gasteiger partial charge in [0.25, 0.3) is 0 Å². The van der Waals surface area contributed by atoms with Crippen LogP contribution in [0.25, 0.3) is 0 Å². The van der Waals surface area contributed by atoms with Crippen molar-refractivity contribution in [2.24, 2.45) is 17.6 Å². The molecule has 41 heavy (non-hydrogen) atoms. The molecule has 0 amide bonds. The maximum Gasteiger partial charge on any atom is 0.514 e. The first-order valence-corrected chi connectivity index (χ1v) is 14.1. The number of ether oxygens (including phenoxy) is 6. The number of esters is 2. The second-order valence-corrected chi connectivity index (χ2v) is 10.9. The van der Waals surface area contributed by atoms with E-state index in [2.05, 4.69) is 0 Å². The fraction of sp³-hybridized carbons (Fsp3) is 0.667. The number of hydrogen-bond donors (Lipinski definition) is 1. The van der Waals surface area contributed by atoms with Crippen LogP contribution in [0.5, 0.6) is 11.5 Å². The van der Waals surface area contributed by atoms with Crippen molar-refractivity contribution < 1.29 is 47.6 Å². The van der Waals surface area contributed by atoms with Crippen LogP contribution in [0.1, 0.15) is 86.1 Å². The molecule has 2 unspecified atom stereocenters. The molecular weight excluding hydrogens is 534 g/mol. The molecule has 0 aliphatic carbocycles. The molecule has 0 spiro atoms. The van der Waals surface area contributed by atoms with Crippen LogP contribution in [0, 0.1) is 11.8 Å². The Morgan fingerprint density at radius 1 is 0.854 bits per heavy atom. The van der Waals surface area contributed by atoms with E-state index in [-0.39, 0.29) is 55.2 Å². The predicted molar refractivity (Wildman–Crippen MR) is 152 cm³/mol. The Hall–Kier alpha value is -3.34. The molecule has 1 rings (SSSR count). The highest BCUT2D eigenvalue weighted by Gasteiger charge is 2.36. The van der Waals surface area contributed by atoms with E-state index in [9.17, 15) is 19.2 Å². The van der Waals surface area contributed by atoms with Crippen molar-refractivity contribution in [1.82, 2.24) is 0 Å². The Bertz CT molecular complexity index is 1010. The standard InChI is InChI=1S/C30H47NO10/c1-9-10-11-12-26(32)37-16-15-30(31,27(33)36-8)18-23-13-14-24(40-28(34)38-21(6)19(2)3)25(17-23)41-29(35)39-22(7)20(4)5/h13-14,17,19-22H,9-12,15-16,18,31H2,1-8H3/t21?,22?,30-/m1/s1. The summed E-state index contributed by atoms with van der Waals surface area (Å²) in [4.78, 5) is 49.6. The molecule has 232 valence electrons. The lowest BCUT2D eigenvalue weighted by Gasteiger charge is -2.27. The van der Waals surface area contributed by atoms with E-state index in [4.69, 9.17) is 34.2 Å². The van der Waals surface area contributed by atoms with Gasteiger partial charge < -0.3 is 34.2 Å². The minimum absolute atomic E-state index is 0.0129. The van der Waals surface area contributed by atoms with E-state index in [0.29, 0.717) is 5.56 Å². The molecule has 0 saturated heterocycles. The maximum atomic E-state index is 12.7. The van der Waals surface area contributed by atoms with Gasteiger partial charge >= 0.3 is 24.2 Å². The average molecular weight is 582 g/mol. The van der Waals surface area contributed by atoms with Crippen LogP contribution in [-0.4, -0.2) is 55.7 Å². The van der Waals surface area contributed by atoms with Gasteiger partial charge in [0, 0.05) is 19.3 Å². The molecule has 0 aromatic heterocycles. The molecule has 0 heterocycles.